The lowest BCUT2D eigenvalue weighted by molar-refractivity contribution is -0.385. The van der Waals surface area contributed by atoms with Gasteiger partial charge in [-0.15, -0.1) is 10.2 Å². The average molecular weight is 290 g/mol. The fourth-order valence-electron chi connectivity index (χ4n) is 1.96. The topological polar surface area (TPSA) is 94.1 Å². The van der Waals surface area contributed by atoms with E-state index in [2.05, 4.69) is 22.4 Å². The van der Waals surface area contributed by atoms with E-state index in [9.17, 15) is 10.1 Å². The highest BCUT2D eigenvalue weighted by Crippen LogP contribution is 2.25. The predicted octanol–water partition coefficient (Wildman–Crippen LogP) is 2.50. The molecule has 1 N–H and O–H groups in total. The fraction of sp³-hybridized carbons (Fsp3) is 0.429. The molecule has 0 spiro atoms. The molecule has 0 amide bonds. The summed E-state index contributed by atoms with van der Waals surface area (Å²) in [5.74, 6) is 0.947. The third-order valence-electron chi connectivity index (χ3n) is 3.05. The van der Waals surface area contributed by atoms with Crippen LogP contribution < -0.4 is 5.32 Å². The van der Waals surface area contributed by atoms with Crippen LogP contribution in [0.1, 0.15) is 24.8 Å². The van der Waals surface area contributed by atoms with Crippen molar-refractivity contribution in [2.24, 2.45) is 0 Å². The van der Waals surface area contributed by atoms with Crippen LogP contribution in [0.3, 0.4) is 0 Å². The van der Waals surface area contributed by atoms with Crippen molar-refractivity contribution in [1.29, 1.82) is 0 Å². The maximum Gasteiger partial charge on any atom is 0.272 e. The van der Waals surface area contributed by atoms with E-state index in [4.69, 9.17) is 4.42 Å². The molecule has 1 aromatic carbocycles. The molecule has 0 saturated carbocycles. The van der Waals surface area contributed by atoms with Crippen molar-refractivity contribution in [1.82, 2.24) is 15.5 Å². The Balaban J connectivity index is 2.07. The molecule has 0 atom stereocenters. The Bertz CT molecular complexity index is 624. The van der Waals surface area contributed by atoms with Crippen LogP contribution in [0.15, 0.2) is 22.6 Å². The van der Waals surface area contributed by atoms with Crippen molar-refractivity contribution in [2.75, 3.05) is 13.1 Å². The minimum absolute atomic E-state index is 0.0854. The third kappa shape index (κ3) is 3.85. The summed E-state index contributed by atoms with van der Waals surface area (Å²) in [5, 5.41) is 22.0. The predicted molar refractivity (Wildman–Crippen MR) is 78.0 cm³/mol. The van der Waals surface area contributed by atoms with Gasteiger partial charge in [-0.25, -0.2) is 0 Å². The molecule has 0 saturated heterocycles. The molecule has 7 nitrogen and oxygen atoms in total. The number of nitro groups is 1. The number of benzene rings is 1. The van der Waals surface area contributed by atoms with Gasteiger partial charge < -0.3 is 9.73 Å². The van der Waals surface area contributed by atoms with Gasteiger partial charge in [-0.05, 0) is 32.0 Å². The first-order valence-electron chi connectivity index (χ1n) is 6.90. The number of nitro benzene ring substituents is 1. The summed E-state index contributed by atoms with van der Waals surface area (Å²) in [6.45, 7) is 5.54. The van der Waals surface area contributed by atoms with Crippen molar-refractivity contribution in [3.8, 4) is 11.5 Å². The maximum atomic E-state index is 10.8. The molecule has 2 aromatic rings. The average Bonchev–Trinajstić information content (AvgIpc) is 2.92. The van der Waals surface area contributed by atoms with E-state index in [-0.39, 0.29) is 5.69 Å². The van der Waals surface area contributed by atoms with Gasteiger partial charge in [0, 0.05) is 30.2 Å². The fourth-order valence-corrected chi connectivity index (χ4v) is 1.96. The van der Waals surface area contributed by atoms with E-state index in [1.165, 1.54) is 6.07 Å². The highest BCUT2D eigenvalue weighted by molar-refractivity contribution is 5.58. The number of nitrogens with one attached hydrogen (secondary N) is 1. The van der Waals surface area contributed by atoms with Gasteiger partial charge in [0.2, 0.25) is 11.8 Å². The highest BCUT2D eigenvalue weighted by atomic mass is 16.6. The van der Waals surface area contributed by atoms with Gasteiger partial charge in [-0.1, -0.05) is 6.92 Å². The number of hydrogen-bond acceptors (Lipinski definition) is 6. The molecule has 112 valence electrons. The van der Waals surface area contributed by atoms with E-state index in [0.717, 1.165) is 19.5 Å². The molecule has 0 radical (unpaired) electrons. The molecule has 0 bridgehead atoms. The Labute approximate surface area is 122 Å². The molecule has 21 heavy (non-hydrogen) atoms. The van der Waals surface area contributed by atoms with Gasteiger partial charge >= 0.3 is 0 Å². The number of aryl methyl sites for hydroxylation is 1. The molecule has 7 heteroatoms. The normalized spacial score (nSPS) is 10.8. The molecule has 1 aromatic heterocycles. The number of hydrogen-bond donors (Lipinski definition) is 1. The minimum atomic E-state index is -0.405. The zero-order chi connectivity index (χ0) is 15.2. The first-order valence-corrected chi connectivity index (χ1v) is 6.90. The molecule has 0 aliphatic carbocycles. The maximum absolute atomic E-state index is 10.8. The Morgan fingerprint density at radius 2 is 2.14 bits per heavy atom. The third-order valence-corrected chi connectivity index (χ3v) is 3.05. The Morgan fingerprint density at radius 1 is 1.33 bits per heavy atom. The summed E-state index contributed by atoms with van der Waals surface area (Å²) >= 11 is 0. The summed E-state index contributed by atoms with van der Waals surface area (Å²) in [5.41, 5.74) is 1.35. The van der Waals surface area contributed by atoms with Gasteiger partial charge in [-0.2, -0.15) is 0 Å². The van der Waals surface area contributed by atoms with Crippen molar-refractivity contribution in [2.45, 2.75) is 26.7 Å². The monoisotopic (exact) mass is 290 g/mol. The Hall–Kier alpha value is -2.28. The summed E-state index contributed by atoms with van der Waals surface area (Å²) in [6.07, 6.45) is 1.75. The second-order valence-electron chi connectivity index (χ2n) is 4.76. The van der Waals surface area contributed by atoms with Crippen LogP contribution in [0.2, 0.25) is 0 Å². The zero-order valence-corrected chi connectivity index (χ0v) is 12.1. The summed E-state index contributed by atoms with van der Waals surface area (Å²) < 4.78 is 5.57. The lowest BCUT2D eigenvalue weighted by Crippen LogP contribution is -2.17. The van der Waals surface area contributed by atoms with Crippen LogP contribution in [-0.2, 0) is 6.42 Å². The van der Waals surface area contributed by atoms with Crippen molar-refractivity contribution < 1.29 is 9.34 Å². The second-order valence-corrected chi connectivity index (χ2v) is 4.76. The summed E-state index contributed by atoms with van der Waals surface area (Å²) in [7, 11) is 0. The largest absolute Gasteiger partial charge is 0.421 e. The standard InChI is InChI=1S/C14H18N4O3/c1-3-7-15-8-6-13-16-17-14(21-13)11-4-5-12(18(19)20)10(2)9-11/h4-5,9,15H,3,6-8H2,1-2H3. The smallest absolute Gasteiger partial charge is 0.272 e. The van der Waals surface area contributed by atoms with E-state index >= 15 is 0 Å². The quantitative estimate of drug-likeness (QED) is 0.478. The molecular weight excluding hydrogens is 272 g/mol. The van der Waals surface area contributed by atoms with Crippen LogP contribution in [0.5, 0.6) is 0 Å². The number of nitrogens with zero attached hydrogens (tertiary/aromatic N) is 3. The van der Waals surface area contributed by atoms with Crippen molar-refractivity contribution in [3.05, 3.63) is 39.8 Å². The molecule has 2 rings (SSSR count). The number of rotatable bonds is 7. The van der Waals surface area contributed by atoms with Crippen LogP contribution in [-0.4, -0.2) is 28.2 Å². The molecule has 0 fully saturated rings. The van der Waals surface area contributed by atoms with Crippen LogP contribution in [0, 0.1) is 17.0 Å². The van der Waals surface area contributed by atoms with Crippen LogP contribution in [0.25, 0.3) is 11.5 Å². The molecule has 1 heterocycles. The van der Waals surface area contributed by atoms with Gasteiger partial charge in [0.05, 0.1) is 4.92 Å². The summed E-state index contributed by atoms with van der Waals surface area (Å²) in [4.78, 5) is 10.4. The lowest BCUT2D eigenvalue weighted by atomic mass is 10.1. The Kier molecular flexibility index (Phi) is 4.99. The van der Waals surface area contributed by atoms with Gasteiger partial charge in [0.15, 0.2) is 0 Å². The van der Waals surface area contributed by atoms with E-state index < -0.39 is 4.92 Å². The molecule has 0 aliphatic heterocycles. The first-order chi connectivity index (χ1) is 10.1. The van der Waals surface area contributed by atoms with Gasteiger partial charge in [0.1, 0.15) is 0 Å². The van der Waals surface area contributed by atoms with Gasteiger partial charge in [-0.3, -0.25) is 10.1 Å². The van der Waals surface area contributed by atoms with E-state index in [1.54, 1.807) is 19.1 Å². The molecule has 0 aliphatic rings. The molecular formula is C14H18N4O3. The highest BCUT2D eigenvalue weighted by Gasteiger charge is 2.14. The Morgan fingerprint density at radius 3 is 2.81 bits per heavy atom. The minimum Gasteiger partial charge on any atom is -0.421 e. The van der Waals surface area contributed by atoms with E-state index in [0.29, 0.717) is 29.3 Å². The lowest BCUT2D eigenvalue weighted by Gasteiger charge is -2.00. The SMILES string of the molecule is CCCNCCc1nnc(-c2ccc([N+](=O)[O-])c(C)c2)o1. The van der Waals surface area contributed by atoms with Crippen LogP contribution in [0.4, 0.5) is 5.69 Å². The van der Waals surface area contributed by atoms with Crippen molar-refractivity contribution in [3.63, 3.8) is 0 Å². The van der Waals surface area contributed by atoms with Crippen LogP contribution >= 0.6 is 0 Å². The zero-order valence-electron chi connectivity index (χ0n) is 12.1. The molecule has 0 unspecified atom stereocenters. The first kappa shape index (κ1) is 15.1. The number of aromatic nitrogens is 2. The second kappa shape index (κ2) is 6.94. The summed E-state index contributed by atoms with van der Waals surface area (Å²) in [6, 6.07) is 4.76. The van der Waals surface area contributed by atoms with E-state index in [1.807, 2.05) is 0 Å². The van der Waals surface area contributed by atoms with Gasteiger partial charge in [0.25, 0.3) is 5.69 Å². The van der Waals surface area contributed by atoms with Crippen molar-refractivity contribution >= 4 is 5.69 Å².